The smallest absolute Gasteiger partial charge is 0.0635 e. The van der Waals surface area contributed by atoms with Gasteiger partial charge in [0.2, 0.25) is 0 Å². The topological polar surface area (TPSA) is 30.3 Å². The fourth-order valence-corrected chi connectivity index (χ4v) is 3.22. The Morgan fingerprint density at radius 1 is 1.24 bits per heavy atom. The number of benzene rings is 1. The van der Waals surface area contributed by atoms with E-state index in [0.29, 0.717) is 11.8 Å². The molecular weight excluding hydrogens is 258 g/mol. The zero-order chi connectivity index (χ0) is 15.1. The molecule has 0 N–H and O–H groups in total. The van der Waals surface area contributed by atoms with Gasteiger partial charge in [-0.2, -0.15) is 5.26 Å². The summed E-state index contributed by atoms with van der Waals surface area (Å²) in [6.45, 7) is 7.82. The molecule has 114 valence electrons. The van der Waals surface area contributed by atoms with Crippen molar-refractivity contribution >= 4 is 0 Å². The number of nitrogens with zero attached hydrogens (tertiary/aromatic N) is 3. The maximum absolute atomic E-state index is 8.68. The Morgan fingerprint density at radius 3 is 2.52 bits per heavy atom. The van der Waals surface area contributed by atoms with Gasteiger partial charge in [-0.1, -0.05) is 37.3 Å². The van der Waals surface area contributed by atoms with E-state index in [1.165, 1.54) is 31.5 Å². The molecule has 1 aliphatic heterocycles. The SMILES string of the molecule is CN(CCC#N)CC1(C)CCN(Cc2ccccc2)CC1. The van der Waals surface area contributed by atoms with E-state index >= 15 is 0 Å². The van der Waals surface area contributed by atoms with E-state index in [1.807, 2.05) is 0 Å². The molecule has 0 atom stereocenters. The van der Waals surface area contributed by atoms with Crippen molar-refractivity contribution in [3.63, 3.8) is 0 Å². The van der Waals surface area contributed by atoms with Gasteiger partial charge in [-0.25, -0.2) is 0 Å². The van der Waals surface area contributed by atoms with Crippen LogP contribution in [0.4, 0.5) is 0 Å². The molecule has 0 spiro atoms. The summed E-state index contributed by atoms with van der Waals surface area (Å²) in [4.78, 5) is 4.88. The van der Waals surface area contributed by atoms with Gasteiger partial charge in [0.1, 0.15) is 0 Å². The van der Waals surface area contributed by atoms with Crippen molar-refractivity contribution in [2.24, 2.45) is 5.41 Å². The lowest BCUT2D eigenvalue weighted by atomic mass is 9.80. The largest absolute Gasteiger partial charge is 0.305 e. The third kappa shape index (κ3) is 5.15. The summed E-state index contributed by atoms with van der Waals surface area (Å²) in [6.07, 6.45) is 3.13. The normalized spacial score (nSPS) is 18.6. The predicted octanol–water partition coefficient (Wildman–Crippen LogP) is 3.13. The van der Waals surface area contributed by atoms with E-state index < -0.39 is 0 Å². The van der Waals surface area contributed by atoms with Crippen LogP contribution in [0.2, 0.25) is 0 Å². The van der Waals surface area contributed by atoms with Gasteiger partial charge in [-0.05, 0) is 44.0 Å². The summed E-state index contributed by atoms with van der Waals surface area (Å²) in [5.41, 5.74) is 1.81. The molecule has 1 aromatic carbocycles. The Kier molecular flexibility index (Phi) is 5.78. The molecule has 1 fully saturated rings. The highest BCUT2D eigenvalue weighted by molar-refractivity contribution is 5.14. The molecule has 0 unspecified atom stereocenters. The second kappa shape index (κ2) is 7.59. The highest BCUT2D eigenvalue weighted by Gasteiger charge is 2.30. The molecular formula is C18H27N3. The average molecular weight is 285 g/mol. The molecule has 2 rings (SSSR count). The van der Waals surface area contributed by atoms with E-state index in [2.05, 4.69) is 60.2 Å². The van der Waals surface area contributed by atoms with Crippen LogP contribution in [0, 0.1) is 16.7 Å². The van der Waals surface area contributed by atoms with Crippen molar-refractivity contribution in [2.45, 2.75) is 32.7 Å². The minimum absolute atomic E-state index is 0.400. The molecule has 3 nitrogen and oxygen atoms in total. The highest BCUT2D eigenvalue weighted by Crippen LogP contribution is 2.32. The molecule has 1 heterocycles. The predicted molar refractivity (Wildman–Crippen MR) is 86.8 cm³/mol. The first kappa shape index (κ1) is 16.0. The van der Waals surface area contributed by atoms with E-state index in [1.54, 1.807) is 0 Å². The molecule has 0 saturated carbocycles. The van der Waals surface area contributed by atoms with Gasteiger partial charge >= 0.3 is 0 Å². The van der Waals surface area contributed by atoms with Crippen molar-refractivity contribution in [2.75, 3.05) is 33.2 Å². The van der Waals surface area contributed by atoms with E-state index in [4.69, 9.17) is 5.26 Å². The van der Waals surface area contributed by atoms with Crippen molar-refractivity contribution in [1.29, 1.82) is 5.26 Å². The Morgan fingerprint density at radius 2 is 1.90 bits per heavy atom. The van der Waals surface area contributed by atoms with Gasteiger partial charge in [0.15, 0.2) is 0 Å². The van der Waals surface area contributed by atoms with Crippen LogP contribution >= 0.6 is 0 Å². The second-order valence-electron chi connectivity index (χ2n) is 6.72. The van der Waals surface area contributed by atoms with E-state index in [-0.39, 0.29) is 0 Å². The molecule has 0 radical (unpaired) electrons. The Bertz CT molecular complexity index is 455. The maximum Gasteiger partial charge on any atom is 0.0635 e. The number of nitriles is 1. The van der Waals surface area contributed by atoms with Crippen molar-refractivity contribution in [3.8, 4) is 6.07 Å². The summed E-state index contributed by atoms with van der Waals surface area (Å²) >= 11 is 0. The van der Waals surface area contributed by atoms with Crippen LogP contribution in [0.5, 0.6) is 0 Å². The summed E-state index contributed by atoms with van der Waals surface area (Å²) in [6, 6.07) is 13.0. The molecule has 0 amide bonds. The maximum atomic E-state index is 8.68. The molecule has 0 aliphatic carbocycles. The van der Waals surface area contributed by atoms with Gasteiger partial charge < -0.3 is 4.90 Å². The standard InChI is InChI=1S/C18H27N3/c1-18(16-20(2)12-6-11-19)9-13-21(14-10-18)15-17-7-4-3-5-8-17/h3-5,7-8H,6,9-10,12-16H2,1-2H3. The lowest BCUT2D eigenvalue weighted by Crippen LogP contribution is -2.43. The van der Waals surface area contributed by atoms with Gasteiger partial charge in [-0.3, -0.25) is 4.90 Å². The molecule has 21 heavy (non-hydrogen) atoms. The second-order valence-corrected chi connectivity index (χ2v) is 6.72. The summed E-state index contributed by atoms with van der Waals surface area (Å²) in [7, 11) is 2.14. The van der Waals surface area contributed by atoms with E-state index in [0.717, 1.165) is 19.6 Å². The number of hydrogen-bond acceptors (Lipinski definition) is 3. The third-order valence-electron chi connectivity index (χ3n) is 4.57. The molecule has 0 bridgehead atoms. The Labute approximate surface area is 129 Å². The van der Waals surface area contributed by atoms with E-state index in [9.17, 15) is 0 Å². The molecule has 1 aromatic rings. The monoisotopic (exact) mass is 285 g/mol. The van der Waals surface area contributed by atoms with Crippen LogP contribution in [-0.2, 0) is 6.54 Å². The number of likely N-dealkylation sites (tertiary alicyclic amines) is 1. The highest BCUT2D eigenvalue weighted by atomic mass is 15.1. The van der Waals surface area contributed by atoms with Gasteiger partial charge in [-0.15, -0.1) is 0 Å². The summed E-state index contributed by atoms with van der Waals surface area (Å²) in [5.74, 6) is 0. The first-order valence-electron chi connectivity index (χ1n) is 7.93. The zero-order valence-electron chi connectivity index (χ0n) is 13.4. The third-order valence-corrected chi connectivity index (χ3v) is 4.57. The Hall–Kier alpha value is -1.37. The van der Waals surface area contributed by atoms with Crippen molar-refractivity contribution in [1.82, 2.24) is 9.80 Å². The average Bonchev–Trinajstić information content (AvgIpc) is 2.49. The van der Waals surface area contributed by atoms with Crippen LogP contribution in [-0.4, -0.2) is 43.0 Å². The molecule has 1 aliphatic rings. The number of piperidine rings is 1. The van der Waals surface area contributed by atoms with Crippen molar-refractivity contribution < 1.29 is 0 Å². The van der Waals surface area contributed by atoms with Gasteiger partial charge in [0, 0.05) is 26.1 Å². The Balaban J connectivity index is 1.78. The summed E-state index contributed by atoms with van der Waals surface area (Å²) < 4.78 is 0. The van der Waals surface area contributed by atoms with Crippen LogP contribution in [0.1, 0.15) is 31.7 Å². The fourth-order valence-electron chi connectivity index (χ4n) is 3.22. The minimum Gasteiger partial charge on any atom is -0.305 e. The fraction of sp³-hybridized carbons (Fsp3) is 0.611. The van der Waals surface area contributed by atoms with Crippen molar-refractivity contribution in [3.05, 3.63) is 35.9 Å². The first-order chi connectivity index (χ1) is 10.1. The van der Waals surface area contributed by atoms with Gasteiger partial charge in [0.25, 0.3) is 0 Å². The molecule has 0 aromatic heterocycles. The van der Waals surface area contributed by atoms with Crippen LogP contribution in [0.15, 0.2) is 30.3 Å². The molecule has 3 heteroatoms. The lowest BCUT2D eigenvalue weighted by molar-refractivity contribution is 0.0811. The van der Waals surface area contributed by atoms with Crippen LogP contribution in [0.25, 0.3) is 0 Å². The number of rotatable bonds is 6. The lowest BCUT2D eigenvalue weighted by Gasteiger charge is -2.41. The number of hydrogen-bond donors (Lipinski definition) is 0. The summed E-state index contributed by atoms with van der Waals surface area (Å²) in [5, 5.41) is 8.68. The first-order valence-corrected chi connectivity index (χ1v) is 7.93. The quantitative estimate of drug-likeness (QED) is 0.804. The zero-order valence-corrected chi connectivity index (χ0v) is 13.4. The molecule has 1 saturated heterocycles. The van der Waals surface area contributed by atoms with Gasteiger partial charge in [0.05, 0.1) is 6.07 Å². The minimum atomic E-state index is 0.400. The van der Waals surface area contributed by atoms with Crippen LogP contribution in [0.3, 0.4) is 0 Å². The van der Waals surface area contributed by atoms with Crippen LogP contribution < -0.4 is 0 Å².